The van der Waals surface area contributed by atoms with E-state index in [2.05, 4.69) is 106 Å². The van der Waals surface area contributed by atoms with Crippen molar-refractivity contribution in [3.05, 3.63) is 85.1 Å². The molecule has 0 aliphatic heterocycles. The minimum Gasteiger partial charge on any atom is -0.462 e. The van der Waals surface area contributed by atoms with Crippen LogP contribution in [0.2, 0.25) is 0 Å². The summed E-state index contributed by atoms with van der Waals surface area (Å²) in [6, 6.07) is 0. The molecule has 0 heterocycles. The number of esters is 3. The van der Waals surface area contributed by atoms with Gasteiger partial charge in [-0.2, -0.15) is 0 Å². The highest BCUT2D eigenvalue weighted by Crippen LogP contribution is 2.15. The highest BCUT2D eigenvalue weighted by Gasteiger charge is 2.19. The highest BCUT2D eigenvalue weighted by atomic mass is 16.6. The van der Waals surface area contributed by atoms with Crippen LogP contribution in [0, 0.1) is 0 Å². The van der Waals surface area contributed by atoms with Gasteiger partial charge < -0.3 is 14.2 Å². The van der Waals surface area contributed by atoms with E-state index < -0.39 is 6.10 Å². The van der Waals surface area contributed by atoms with Gasteiger partial charge in [0.1, 0.15) is 13.2 Å². The SMILES string of the molecule is CC/C=C\C/C=C\C/C=C\C/C=C\CCCCCCCCCCCCCCC(=O)OCC(COC(=O)CCCCCCC/C=C\CCC)OC(=O)CCCCCCC/C=C\C/C=C\CCCCCC. The van der Waals surface area contributed by atoms with Crippen LogP contribution in [-0.4, -0.2) is 37.2 Å². The molecule has 0 rings (SSSR count). The minimum atomic E-state index is -0.787. The Balaban J connectivity index is 4.26. The Morgan fingerprint density at radius 2 is 0.594 bits per heavy atom. The maximum atomic E-state index is 12.8. The molecule has 1 atom stereocenters. The van der Waals surface area contributed by atoms with Crippen LogP contribution in [0.25, 0.3) is 0 Å². The fourth-order valence-electron chi connectivity index (χ4n) is 8.00. The molecule has 69 heavy (non-hydrogen) atoms. The van der Waals surface area contributed by atoms with Gasteiger partial charge in [-0.25, -0.2) is 0 Å². The van der Waals surface area contributed by atoms with Crippen LogP contribution >= 0.6 is 0 Å². The van der Waals surface area contributed by atoms with Crippen molar-refractivity contribution >= 4 is 17.9 Å². The molecule has 0 aromatic carbocycles. The van der Waals surface area contributed by atoms with E-state index in [0.29, 0.717) is 19.3 Å². The molecule has 1 unspecified atom stereocenters. The number of ether oxygens (including phenoxy) is 3. The standard InChI is InChI=1S/C63H108O6/c1-4-7-10-13-16-19-22-24-26-28-29-30-31-32-33-34-35-36-38-39-41-44-47-50-53-56-62(65)68-59-60(58-67-61(64)55-52-49-46-43-21-18-15-12-9-6-3)69-63(66)57-54-51-48-45-42-40-37-27-25-23-20-17-14-11-8-5-2/h7,10,12,15-16,19-20,23-24,26-27,29-30,37,60H,4-6,8-9,11,13-14,17-18,21-22,25,28,31-36,38-59H2,1-3H3/b10-7-,15-12-,19-16-,23-20-,26-24-,30-29-,37-27-. The van der Waals surface area contributed by atoms with Crippen molar-refractivity contribution in [3.8, 4) is 0 Å². The zero-order valence-electron chi connectivity index (χ0n) is 45.3. The number of unbranched alkanes of at least 4 members (excludes halogenated alkanes) is 27. The van der Waals surface area contributed by atoms with E-state index in [1.807, 2.05) is 0 Å². The summed E-state index contributed by atoms with van der Waals surface area (Å²) in [6.07, 6.45) is 74.4. The number of hydrogen-bond acceptors (Lipinski definition) is 6. The molecule has 6 nitrogen and oxygen atoms in total. The lowest BCUT2D eigenvalue weighted by Crippen LogP contribution is -2.30. The summed E-state index contributed by atoms with van der Waals surface area (Å²) in [4.78, 5) is 38.1. The van der Waals surface area contributed by atoms with E-state index >= 15 is 0 Å². The van der Waals surface area contributed by atoms with E-state index in [1.54, 1.807) is 0 Å². The summed E-state index contributed by atoms with van der Waals surface area (Å²) in [7, 11) is 0. The molecular weight excluding hydrogens is 853 g/mol. The average Bonchev–Trinajstić information content (AvgIpc) is 3.35. The van der Waals surface area contributed by atoms with Gasteiger partial charge in [0.25, 0.3) is 0 Å². The first kappa shape index (κ1) is 65.6. The Morgan fingerprint density at radius 3 is 0.957 bits per heavy atom. The molecular formula is C63H108O6. The molecule has 0 aliphatic rings. The molecule has 0 aliphatic carbocycles. The normalized spacial score (nSPS) is 12.7. The predicted octanol–water partition coefficient (Wildman–Crippen LogP) is 19.5. The van der Waals surface area contributed by atoms with Gasteiger partial charge in [-0.05, 0) is 109 Å². The van der Waals surface area contributed by atoms with Gasteiger partial charge in [0.2, 0.25) is 0 Å². The van der Waals surface area contributed by atoms with Crippen LogP contribution in [0.15, 0.2) is 85.1 Å². The number of rotatable bonds is 52. The molecule has 0 spiro atoms. The Morgan fingerprint density at radius 1 is 0.304 bits per heavy atom. The van der Waals surface area contributed by atoms with Gasteiger partial charge >= 0.3 is 17.9 Å². The zero-order valence-corrected chi connectivity index (χ0v) is 45.3. The van der Waals surface area contributed by atoms with Crippen molar-refractivity contribution in [1.29, 1.82) is 0 Å². The van der Waals surface area contributed by atoms with E-state index in [9.17, 15) is 14.4 Å². The second-order valence-corrected chi connectivity index (χ2v) is 19.2. The van der Waals surface area contributed by atoms with Crippen LogP contribution in [-0.2, 0) is 28.6 Å². The molecule has 0 bridgehead atoms. The maximum Gasteiger partial charge on any atom is 0.306 e. The van der Waals surface area contributed by atoms with Gasteiger partial charge in [-0.1, -0.05) is 234 Å². The maximum absolute atomic E-state index is 12.8. The Labute approximate surface area is 426 Å². The van der Waals surface area contributed by atoms with E-state index in [4.69, 9.17) is 14.2 Å². The van der Waals surface area contributed by atoms with Crippen molar-refractivity contribution in [3.63, 3.8) is 0 Å². The summed E-state index contributed by atoms with van der Waals surface area (Å²) >= 11 is 0. The zero-order chi connectivity index (χ0) is 50.0. The van der Waals surface area contributed by atoms with E-state index in [1.165, 1.54) is 116 Å². The lowest BCUT2D eigenvalue weighted by molar-refractivity contribution is -0.167. The molecule has 0 aromatic rings. The average molecular weight is 962 g/mol. The molecule has 0 fully saturated rings. The van der Waals surface area contributed by atoms with Gasteiger partial charge in [0.15, 0.2) is 6.10 Å². The van der Waals surface area contributed by atoms with Crippen LogP contribution in [0.4, 0.5) is 0 Å². The van der Waals surface area contributed by atoms with Crippen LogP contribution in [0.3, 0.4) is 0 Å². The Bertz CT molecular complexity index is 1330. The summed E-state index contributed by atoms with van der Waals surface area (Å²) in [5.74, 6) is -0.907. The van der Waals surface area contributed by atoms with Crippen molar-refractivity contribution in [1.82, 2.24) is 0 Å². The van der Waals surface area contributed by atoms with Crippen molar-refractivity contribution < 1.29 is 28.6 Å². The summed E-state index contributed by atoms with van der Waals surface area (Å²) in [5, 5.41) is 0. The second kappa shape index (κ2) is 57.2. The molecule has 0 aromatic heterocycles. The first-order valence-electron chi connectivity index (χ1n) is 29.1. The number of carbonyl (C=O) groups excluding carboxylic acids is 3. The quantitative estimate of drug-likeness (QED) is 0.0262. The molecule has 0 N–H and O–H groups in total. The highest BCUT2D eigenvalue weighted by molar-refractivity contribution is 5.71. The summed E-state index contributed by atoms with van der Waals surface area (Å²) < 4.78 is 16.8. The summed E-state index contributed by atoms with van der Waals surface area (Å²) in [5.41, 5.74) is 0. The smallest absolute Gasteiger partial charge is 0.306 e. The lowest BCUT2D eigenvalue weighted by Gasteiger charge is -2.18. The van der Waals surface area contributed by atoms with Gasteiger partial charge in [-0.3, -0.25) is 14.4 Å². The van der Waals surface area contributed by atoms with Crippen molar-refractivity contribution in [2.75, 3.05) is 13.2 Å². The fraction of sp³-hybridized carbons (Fsp3) is 0.730. The van der Waals surface area contributed by atoms with Gasteiger partial charge in [-0.15, -0.1) is 0 Å². The lowest BCUT2D eigenvalue weighted by atomic mass is 10.0. The fourth-order valence-corrected chi connectivity index (χ4v) is 8.00. The second-order valence-electron chi connectivity index (χ2n) is 19.2. The molecule has 0 radical (unpaired) electrons. The van der Waals surface area contributed by atoms with Crippen LogP contribution in [0.5, 0.6) is 0 Å². The molecule has 6 heteroatoms. The van der Waals surface area contributed by atoms with Crippen LogP contribution < -0.4 is 0 Å². The van der Waals surface area contributed by atoms with Crippen LogP contribution in [0.1, 0.15) is 278 Å². The molecule has 396 valence electrons. The third-order valence-electron chi connectivity index (χ3n) is 12.3. The molecule has 0 saturated heterocycles. The molecule has 0 saturated carbocycles. The van der Waals surface area contributed by atoms with Crippen molar-refractivity contribution in [2.24, 2.45) is 0 Å². The number of hydrogen-bond donors (Lipinski definition) is 0. The predicted molar refractivity (Wildman–Crippen MR) is 297 cm³/mol. The number of allylic oxidation sites excluding steroid dienone is 14. The first-order chi connectivity index (χ1) is 34.0. The minimum absolute atomic E-state index is 0.0852. The Kier molecular flexibility index (Phi) is 54.3. The first-order valence-corrected chi connectivity index (χ1v) is 29.1. The van der Waals surface area contributed by atoms with Gasteiger partial charge in [0, 0.05) is 19.3 Å². The monoisotopic (exact) mass is 961 g/mol. The Hall–Kier alpha value is -3.41. The van der Waals surface area contributed by atoms with Crippen molar-refractivity contribution in [2.45, 2.75) is 284 Å². The third-order valence-corrected chi connectivity index (χ3v) is 12.3. The topological polar surface area (TPSA) is 78.9 Å². The van der Waals surface area contributed by atoms with E-state index in [-0.39, 0.29) is 31.1 Å². The molecule has 0 amide bonds. The summed E-state index contributed by atoms with van der Waals surface area (Å²) in [6.45, 7) is 6.44. The third kappa shape index (κ3) is 55.4. The largest absolute Gasteiger partial charge is 0.462 e. The van der Waals surface area contributed by atoms with Gasteiger partial charge in [0.05, 0.1) is 0 Å². The van der Waals surface area contributed by atoms with E-state index in [0.717, 1.165) is 122 Å². The number of carbonyl (C=O) groups is 3.